The third-order valence-electron chi connectivity index (χ3n) is 9.92. The van der Waals surface area contributed by atoms with Crippen LogP contribution >= 0.6 is 0 Å². The number of esters is 1. The SMILES string of the molecule is CCCCCC/C=C\CC(=O)N[C@@H](CO)C(=O)N[C@H](C(=O)N[C@H](C(=O)N[C@@H]1/C=C/C(=O)N[C@@H](C(C)C)C(=O)N(C)[C@@H](Cc2ccc(O)cc2)C(=O)OC1)C(C)C)C(C)C. The van der Waals surface area contributed by atoms with E-state index in [2.05, 4.69) is 33.5 Å². The third-order valence-corrected chi connectivity index (χ3v) is 9.92. The number of aliphatic hydroxyl groups excluding tert-OH is 1. The minimum absolute atomic E-state index is 0.0203. The van der Waals surface area contributed by atoms with Crippen LogP contribution in [0.25, 0.3) is 0 Å². The first-order valence-electron chi connectivity index (χ1n) is 20.6. The zero-order chi connectivity index (χ0) is 44.2. The van der Waals surface area contributed by atoms with Crippen molar-refractivity contribution in [2.24, 2.45) is 17.8 Å². The lowest BCUT2D eigenvalue weighted by Gasteiger charge is -2.32. The largest absolute Gasteiger partial charge is 0.508 e. The zero-order valence-corrected chi connectivity index (χ0v) is 35.8. The van der Waals surface area contributed by atoms with Crippen molar-refractivity contribution in [3.8, 4) is 5.75 Å². The Hall–Kier alpha value is -5.25. The number of allylic oxidation sites excluding steroid dienone is 1. The van der Waals surface area contributed by atoms with Crippen LogP contribution in [0, 0.1) is 17.8 Å². The Morgan fingerprint density at radius 2 is 1.51 bits per heavy atom. The molecule has 1 aliphatic rings. The number of aliphatic hydroxyl groups is 1. The van der Waals surface area contributed by atoms with Gasteiger partial charge in [0.2, 0.25) is 35.4 Å². The number of likely N-dealkylation sites (N-methyl/N-ethyl adjacent to an activating group) is 1. The van der Waals surface area contributed by atoms with Gasteiger partial charge in [0.15, 0.2) is 0 Å². The van der Waals surface area contributed by atoms with Crippen LogP contribution in [0.1, 0.15) is 92.6 Å². The summed E-state index contributed by atoms with van der Waals surface area (Å²) in [5.41, 5.74) is 0.630. The number of ether oxygens (including phenoxy) is 1. The Balaban J connectivity index is 2.22. The number of carbonyl (C=O) groups is 7. The fourth-order valence-electron chi connectivity index (χ4n) is 6.22. The Labute approximate surface area is 348 Å². The van der Waals surface area contributed by atoms with Crippen molar-refractivity contribution in [3.63, 3.8) is 0 Å². The highest BCUT2D eigenvalue weighted by atomic mass is 16.5. The van der Waals surface area contributed by atoms with Gasteiger partial charge in [0.1, 0.15) is 42.6 Å². The summed E-state index contributed by atoms with van der Waals surface area (Å²) in [6.07, 6.45) is 11.4. The molecule has 1 heterocycles. The van der Waals surface area contributed by atoms with Crippen molar-refractivity contribution in [3.05, 3.63) is 54.1 Å². The van der Waals surface area contributed by atoms with Crippen LogP contribution in [0.4, 0.5) is 0 Å². The van der Waals surface area contributed by atoms with E-state index in [1.54, 1.807) is 59.8 Å². The van der Waals surface area contributed by atoms with Gasteiger partial charge in [0, 0.05) is 26.0 Å². The Kier molecular flexibility index (Phi) is 21.4. The average Bonchev–Trinajstić information content (AvgIpc) is 3.18. The van der Waals surface area contributed by atoms with E-state index in [9.17, 15) is 43.8 Å². The first-order chi connectivity index (χ1) is 27.9. The third kappa shape index (κ3) is 16.9. The molecule has 59 heavy (non-hydrogen) atoms. The molecular weight excluding hydrogens is 761 g/mol. The molecule has 0 radical (unpaired) electrons. The number of phenolic OH excluding ortho intramolecular Hbond substituents is 1. The number of carbonyl (C=O) groups excluding carboxylic acids is 7. The van der Waals surface area contributed by atoms with Crippen molar-refractivity contribution in [1.82, 2.24) is 31.5 Å². The van der Waals surface area contributed by atoms with Crippen LogP contribution in [0.3, 0.4) is 0 Å². The highest BCUT2D eigenvalue weighted by Gasteiger charge is 2.36. The van der Waals surface area contributed by atoms with Gasteiger partial charge in [0.05, 0.1) is 12.6 Å². The first-order valence-corrected chi connectivity index (χ1v) is 20.6. The topological polar surface area (TPSA) is 233 Å². The number of hydrogen-bond donors (Lipinski definition) is 7. The maximum atomic E-state index is 13.8. The summed E-state index contributed by atoms with van der Waals surface area (Å²) in [6.45, 7) is 11.3. The highest BCUT2D eigenvalue weighted by Crippen LogP contribution is 2.17. The van der Waals surface area contributed by atoms with Crippen LogP contribution < -0.4 is 26.6 Å². The lowest BCUT2D eigenvalue weighted by molar-refractivity contribution is -0.156. The van der Waals surface area contributed by atoms with Gasteiger partial charge in [-0.2, -0.15) is 0 Å². The minimum Gasteiger partial charge on any atom is -0.508 e. The molecule has 6 atom stereocenters. The second-order valence-corrected chi connectivity index (χ2v) is 16.0. The van der Waals surface area contributed by atoms with Gasteiger partial charge in [-0.25, -0.2) is 4.79 Å². The van der Waals surface area contributed by atoms with E-state index in [1.807, 2.05) is 6.08 Å². The molecule has 7 N–H and O–H groups in total. The maximum absolute atomic E-state index is 13.8. The zero-order valence-electron chi connectivity index (χ0n) is 35.8. The summed E-state index contributed by atoms with van der Waals surface area (Å²) in [4.78, 5) is 94.7. The van der Waals surface area contributed by atoms with E-state index in [1.165, 1.54) is 30.2 Å². The average molecular weight is 827 g/mol. The molecule has 2 rings (SSSR count). The van der Waals surface area contributed by atoms with Crippen molar-refractivity contribution >= 4 is 41.4 Å². The Morgan fingerprint density at radius 3 is 2.10 bits per heavy atom. The molecule has 0 unspecified atom stereocenters. The van der Waals surface area contributed by atoms with Gasteiger partial charge in [0.25, 0.3) is 0 Å². The molecule has 0 aliphatic carbocycles. The predicted molar refractivity (Wildman–Crippen MR) is 222 cm³/mol. The highest BCUT2D eigenvalue weighted by molar-refractivity contribution is 5.96. The fraction of sp³-hybridized carbons (Fsp3) is 0.605. The quantitative estimate of drug-likeness (QED) is 0.0576. The number of amides is 6. The molecule has 0 spiro atoms. The predicted octanol–water partition coefficient (Wildman–Crippen LogP) is 2.18. The smallest absolute Gasteiger partial charge is 0.329 e. The number of phenols is 1. The number of rotatable bonds is 20. The molecule has 0 saturated heterocycles. The number of aromatic hydroxyl groups is 1. The van der Waals surface area contributed by atoms with E-state index in [0.717, 1.165) is 38.2 Å². The number of cyclic esters (lactones) is 1. The number of nitrogens with one attached hydrogen (secondary N) is 5. The van der Waals surface area contributed by atoms with Crippen LogP contribution in [0.15, 0.2) is 48.6 Å². The molecule has 16 heteroatoms. The summed E-state index contributed by atoms with van der Waals surface area (Å²) in [5, 5.41) is 32.9. The molecule has 1 aromatic carbocycles. The molecule has 16 nitrogen and oxygen atoms in total. The maximum Gasteiger partial charge on any atom is 0.329 e. The number of nitrogens with zero attached hydrogens (tertiary/aromatic N) is 1. The van der Waals surface area contributed by atoms with Gasteiger partial charge in [-0.15, -0.1) is 0 Å². The molecular formula is C43H66N6O10. The number of hydrogen-bond acceptors (Lipinski definition) is 10. The molecule has 0 bridgehead atoms. The minimum atomic E-state index is -1.32. The van der Waals surface area contributed by atoms with E-state index >= 15 is 0 Å². The first kappa shape index (κ1) is 49.9. The van der Waals surface area contributed by atoms with Crippen molar-refractivity contribution in [2.75, 3.05) is 20.3 Å². The van der Waals surface area contributed by atoms with Crippen LogP contribution in [0.2, 0.25) is 0 Å². The second kappa shape index (κ2) is 25.3. The lowest BCUT2D eigenvalue weighted by atomic mass is 9.99. The Bertz CT molecular complexity index is 1630. The monoisotopic (exact) mass is 826 g/mol. The van der Waals surface area contributed by atoms with Crippen molar-refractivity contribution in [2.45, 2.75) is 130 Å². The number of unbranched alkanes of at least 4 members (excludes halogenated alkanes) is 4. The molecule has 328 valence electrons. The van der Waals surface area contributed by atoms with Gasteiger partial charge in [-0.3, -0.25) is 28.8 Å². The lowest BCUT2D eigenvalue weighted by Crippen LogP contribution is -2.60. The van der Waals surface area contributed by atoms with Crippen molar-refractivity contribution < 1.29 is 48.5 Å². The Morgan fingerprint density at radius 1 is 0.881 bits per heavy atom. The summed E-state index contributed by atoms with van der Waals surface area (Å²) in [7, 11) is 1.44. The number of benzene rings is 1. The molecule has 1 aliphatic heterocycles. The van der Waals surface area contributed by atoms with Crippen LogP contribution in [-0.2, 0) is 44.7 Å². The molecule has 0 saturated carbocycles. The normalized spacial score (nSPS) is 19.9. The summed E-state index contributed by atoms with van der Waals surface area (Å²) >= 11 is 0. The van der Waals surface area contributed by atoms with Gasteiger partial charge in [-0.1, -0.05) is 98.1 Å². The van der Waals surface area contributed by atoms with Gasteiger partial charge in [-0.05, 0) is 48.3 Å². The standard InChI is InChI=1S/C43H66N6O10/c1-9-10-11-12-13-14-15-16-34(52)45-32(24-50)39(54)47-37(27(4)5)41(56)48-36(26(2)3)40(55)44-30-19-22-35(53)46-38(28(6)7)42(57)49(8)33(43(58)59-25-30)23-29-17-20-31(51)21-18-29/h14-15,17-22,26-28,30,32-33,36-38,50-51H,9-13,16,23-25H2,1-8H3,(H,44,55)(H,45,52)(H,46,53)(H,47,54)(H,48,56)/b15-14-,22-19+/t30-,32+,33+,36+,37+,38+/m1/s1. The van der Waals surface area contributed by atoms with Crippen LogP contribution in [0.5, 0.6) is 5.75 Å². The van der Waals surface area contributed by atoms with E-state index in [-0.39, 0.29) is 24.5 Å². The fourth-order valence-corrected chi connectivity index (χ4v) is 6.22. The molecule has 0 aromatic heterocycles. The van der Waals surface area contributed by atoms with E-state index in [0.29, 0.717) is 5.56 Å². The van der Waals surface area contributed by atoms with Gasteiger partial charge < -0.3 is 46.4 Å². The molecule has 1 aromatic rings. The van der Waals surface area contributed by atoms with Gasteiger partial charge >= 0.3 is 5.97 Å². The molecule has 0 fully saturated rings. The van der Waals surface area contributed by atoms with Crippen LogP contribution in [-0.4, -0.2) is 113 Å². The summed E-state index contributed by atoms with van der Waals surface area (Å²) in [6, 6.07) is -0.673. The van der Waals surface area contributed by atoms with E-state index in [4.69, 9.17) is 4.74 Å². The summed E-state index contributed by atoms with van der Waals surface area (Å²) < 4.78 is 5.66. The van der Waals surface area contributed by atoms with Crippen molar-refractivity contribution in [1.29, 1.82) is 0 Å². The van der Waals surface area contributed by atoms with E-state index < -0.39 is 103 Å². The summed E-state index contributed by atoms with van der Waals surface area (Å²) in [5.74, 6) is -5.80. The second-order valence-electron chi connectivity index (χ2n) is 16.0. The molecule has 6 amide bonds.